The number of amides is 1. The van der Waals surface area contributed by atoms with Crippen molar-refractivity contribution in [3.8, 4) is 11.8 Å². The van der Waals surface area contributed by atoms with Crippen molar-refractivity contribution in [2.75, 3.05) is 18.6 Å². The van der Waals surface area contributed by atoms with Crippen LogP contribution in [0.2, 0.25) is 0 Å². The van der Waals surface area contributed by atoms with E-state index in [0.29, 0.717) is 30.0 Å². The molecule has 1 amide bonds. The predicted molar refractivity (Wildman–Crippen MR) is 71.6 cm³/mol. The maximum atomic E-state index is 12.1. The van der Waals surface area contributed by atoms with Crippen molar-refractivity contribution >= 4 is 17.4 Å². The Balaban J connectivity index is 1.95. The van der Waals surface area contributed by atoms with Crippen molar-refractivity contribution < 1.29 is 14.3 Å². The van der Waals surface area contributed by atoms with Crippen molar-refractivity contribution in [1.82, 2.24) is 0 Å². The third-order valence-corrected chi connectivity index (χ3v) is 4.08. The first kappa shape index (κ1) is 12.7. The van der Waals surface area contributed by atoms with E-state index in [1.54, 1.807) is 25.3 Å². The standard InChI is InChI=1S/C15H14N2O3/c1-20-10-2-3-11-12(8-10)17(14(19)13(11)18)9-15(4-5-15)6-7-16/h2-3,8H,4-6,9H2,1H3. The zero-order valence-electron chi connectivity index (χ0n) is 11.2. The summed E-state index contributed by atoms with van der Waals surface area (Å²) in [6.07, 6.45) is 2.28. The maximum Gasteiger partial charge on any atom is 0.299 e. The number of nitrogens with zero attached hydrogens (tertiary/aromatic N) is 2. The molecular formula is C15H14N2O3. The van der Waals surface area contributed by atoms with Crippen LogP contribution >= 0.6 is 0 Å². The SMILES string of the molecule is COc1ccc2c(c1)N(CC1(CC#N)CC1)C(=O)C2=O. The van der Waals surface area contributed by atoms with Crippen molar-refractivity contribution in [3.05, 3.63) is 23.8 Å². The molecule has 0 bridgehead atoms. The second-order valence-electron chi connectivity index (χ2n) is 5.44. The molecule has 1 aromatic carbocycles. The summed E-state index contributed by atoms with van der Waals surface area (Å²) < 4.78 is 5.15. The Kier molecular flexibility index (Phi) is 2.75. The van der Waals surface area contributed by atoms with Crippen molar-refractivity contribution in [1.29, 1.82) is 5.26 Å². The van der Waals surface area contributed by atoms with Gasteiger partial charge in [-0.1, -0.05) is 0 Å². The van der Waals surface area contributed by atoms with Gasteiger partial charge in [-0.15, -0.1) is 0 Å². The van der Waals surface area contributed by atoms with Gasteiger partial charge in [0.1, 0.15) is 5.75 Å². The molecule has 0 spiro atoms. The fourth-order valence-electron chi connectivity index (χ4n) is 2.63. The number of carbonyl (C=O) groups excluding carboxylic acids is 2. The van der Waals surface area contributed by atoms with Crippen LogP contribution < -0.4 is 9.64 Å². The normalized spacial score (nSPS) is 18.7. The minimum absolute atomic E-state index is 0.130. The fourth-order valence-corrected chi connectivity index (χ4v) is 2.63. The van der Waals surface area contributed by atoms with E-state index in [-0.39, 0.29) is 5.41 Å². The smallest absolute Gasteiger partial charge is 0.299 e. The quantitative estimate of drug-likeness (QED) is 0.784. The first-order valence-electron chi connectivity index (χ1n) is 6.51. The zero-order chi connectivity index (χ0) is 14.3. The highest BCUT2D eigenvalue weighted by Gasteiger charge is 2.48. The second kappa shape index (κ2) is 4.34. The molecule has 0 aromatic heterocycles. The van der Waals surface area contributed by atoms with Gasteiger partial charge in [0.05, 0.1) is 24.4 Å². The molecule has 1 aromatic rings. The fraction of sp³-hybridized carbons (Fsp3) is 0.400. The number of Topliss-reactive ketones (excluding diaryl/α,β-unsaturated/α-hetero) is 1. The summed E-state index contributed by atoms with van der Waals surface area (Å²) in [5.41, 5.74) is 0.891. The zero-order valence-corrected chi connectivity index (χ0v) is 11.2. The molecule has 1 heterocycles. The number of benzene rings is 1. The Labute approximate surface area is 116 Å². The molecule has 0 radical (unpaired) electrons. The van der Waals surface area contributed by atoms with Gasteiger partial charge in [0.25, 0.3) is 11.7 Å². The van der Waals surface area contributed by atoms with Gasteiger partial charge in [-0.2, -0.15) is 5.26 Å². The average molecular weight is 270 g/mol. The number of methoxy groups -OCH3 is 1. The van der Waals surface area contributed by atoms with Gasteiger partial charge in [0.2, 0.25) is 0 Å². The minimum atomic E-state index is -0.502. The molecule has 3 rings (SSSR count). The second-order valence-corrected chi connectivity index (χ2v) is 5.44. The number of ketones is 1. The van der Waals surface area contributed by atoms with Crippen LogP contribution in [0.15, 0.2) is 18.2 Å². The van der Waals surface area contributed by atoms with Gasteiger partial charge >= 0.3 is 0 Å². The van der Waals surface area contributed by atoms with Crippen LogP contribution in [-0.4, -0.2) is 25.3 Å². The summed E-state index contributed by atoms with van der Waals surface area (Å²) in [5.74, 6) is -0.366. The van der Waals surface area contributed by atoms with Crippen LogP contribution in [-0.2, 0) is 4.79 Å². The van der Waals surface area contributed by atoms with Crippen LogP contribution in [0.25, 0.3) is 0 Å². The summed E-state index contributed by atoms with van der Waals surface area (Å²) >= 11 is 0. The number of nitriles is 1. The lowest BCUT2D eigenvalue weighted by Crippen LogP contribution is -2.35. The van der Waals surface area contributed by atoms with Crippen molar-refractivity contribution in [2.45, 2.75) is 19.3 Å². The Morgan fingerprint density at radius 2 is 2.15 bits per heavy atom. The van der Waals surface area contributed by atoms with Crippen molar-refractivity contribution in [3.63, 3.8) is 0 Å². The minimum Gasteiger partial charge on any atom is -0.497 e. The maximum absolute atomic E-state index is 12.1. The van der Waals surface area contributed by atoms with E-state index in [9.17, 15) is 9.59 Å². The first-order chi connectivity index (χ1) is 9.60. The number of rotatable bonds is 4. The van der Waals surface area contributed by atoms with Gasteiger partial charge in [-0.05, 0) is 25.0 Å². The van der Waals surface area contributed by atoms with E-state index >= 15 is 0 Å². The molecule has 0 saturated heterocycles. The highest BCUT2D eigenvalue weighted by molar-refractivity contribution is 6.52. The third-order valence-electron chi connectivity index (χ3n) is 4.08. The largest absolute Gasteiger partial charge is 0.497 e. The van der Waals surface area contributed by atoms with Gasteiger partial charge in [-0.25, -0.2) is 0 Å². The molecule has 20 heavy (non-hydrogen) atoms. The number of ether oxygens (including phenoxy) is 1. The molecule has 0 N–H and O–H groups in total. The molecule has 1 fully saturated rings. The molecule has 1 aliphatic heterocycles. The Hall–Kier alpha value is -2.35. The number of hydrogen-bond donors (Lipinski definition) is 0. The summed E-state index contributed by atoms with van der Waals surface area (Å²) in [4.78, 5) is 25.6. The van der Waals surface area contributed by atoms with E-state index in [1.807, 2.05) is 0 Å². The van der Waals surface area contributed by atoms with Crippen LogP contribution in [0.1, 0.15) is 29.6 Å². The summed E-state index contributed by atoms with van der Waals surface area (Å²) in [6, 6.07) is 7.18. The summed E-state index contributed by atoms with van der Waals surface area (Å²) in [6.45, 7) is 0.436. The molecule has 1 saturated carbocycles. The molecule has 1 aliphatic carbocycles. The van der Waals surface area contributed by atoms with Crippen LogP contribution in [0.4, 0.5) is 5.69 Å². The highest BCUT2D eigenvalue weighted by atomic mass is 16.5. The van der Waals surface area contributed by atoms with E-state index in [0.717, 1.165) is 12.8 Å². The van der Waals surface area contributed by atoms with E-state index in [2.05, 4.69) is 6.07 Å². The monoisotopic (exact) mass is 270 g/mol. The summed E-state index contributed by atoms with van der Waals surface area (Å²) in [5, 5.41) is 8.87. The Morgan fingerprint density at radius 1 is 1.40 bits per heavy atom. The summed E-state index contributed by atoms with van der Waals surface area (Å²) in [7, 11) is 1.54. The van der Waals surface area contributed by atoms with Crippen LogP contribution in [0.3, 0.4) is 0 Å². The van der Waals surface area contributed by atoms with Gasteiger partial charge in [0.15, 0.2) is 0 Å². The lowest BCUT2D eigenvalue weighted by atomic mass is 10.0. The number of hydrogen-bond acceptors (Lipinski definition) is 4. The van der Waals surface area contributed by atoms with Crippen LogP contribution in [0, 0.1) is 16.7 Å². The molecule has 5 heteroatoms. The average Bonchev–Trinajstić information content (AvgIpc) is 3.18. The predicted octanol–water partition coefficient (Wildman–Crippen LogP) is 1.92. The molecular weight excluding hydrogens is 256 g/mol. The molecule has 0 unspecified atom stereocenters. The van der Waals surface area contributed by atoms with Crippen molar-refractivity contribution in [2.24, 2.45) is 5.41 Å². The van der Waals surface area contributed by atoms with Gasteiger partial charge < -0.3 is 9.64 Å². The van der Waals surface area contributed by atoms with E-state index in [4.69, 9.17) is 10.00 Å². The molecule has 102 valence electrons. The van der Waals surface area contributed by atoms with Crippen LogP contribution in [0.5, 0.6) is 5.75 Å². The van der Waals surface area contributed by atoms with Gasteiger partial charge in [-0.3, -0.25) is 9.59 Å². The lowest BCUT2D eigenvalue weighted by molar-refractivity contribution is -0.114. The van der Waals surface area contributed by atoms with E-state index in [1.165, 1.54) is 4.90 Å². The number of anilines is 1. The molecule has 2 aliphatic rings. The highest BCUT2D eigenvalue weighted by Crippen LogP contribution is 2.50. The number of fused-ring (bicyclic) bond motifs is 1. The number of carbonyl (C=O) groups is 2. The Bertz CT molecular complexity index is 641. The lowest BCUT2D eigenvalue weighted by Gasteiger charge is -2.22. The third kappa shape index (κ3) is 1.85. The van der Waals surface area contributed by atoms with E-state index < -0.39 is 11.7 Å². The molecule has 5 nitrogen and oxygen atoms in total. The first-order valence-corrected chi connectivity index (χ1v) is 6.51. The topological polar surface area (TPSA) is 70.4 Å². The Morgan fingerprint density at radius 3 is 2.75 bits per heavy atom. The molecule has 0 atom stereocenters. The van der Waals surface area contributed by atoms with Gasteiger partial charge in [0, 0.05) is 24.4 Å².